The Morgan fingerprint density at radius 1 is 1.46 bits per heavy atom. The zero-order valence-electron chi connectivity index (χ0n) is 8.79. The smallest absolute Gasteiger partial charge is 0.191 e. The van der Waals surface area contributed by atoms with E-state index in [0.29, 0.717) is 6.04 Å². The highest BCUT2D eigenvalue weighted by atomic mass is 15.3. The molecule has 1 unspecified atom stereocenters. The number of rotatable bonds is 5. The van der Waals surface area contributed by atoms with Crippen molar-refractivity contribution in [3.8, 4) is 0 Å². The quantitative estimate of drug-likeness (QED) is 0.703. The van der Waals surface area contributed by atoms with Gasteiger partial charge >= 0.3 is 0 Å². The Balaban J connectivity index is 2.38. The molecule has 0 radical (unpaired) electrons. The summed E-state index contributed by atoms with van der Waals surface area (Å²) >= 11 is 0. The van der Waals surface area contributed by atoms with E-state index in [9.17, 15) is 0 Å². The predicted octanol–water partition coefficient (Wildman–Crippen LogP) is 1.59. The van der Waals surface area contributed by atoms with Crippen molar-refractivity contribution >= 4 is 5.96 Å². The van der Waals surface area contributed by atoms with E-state index in [-0.39, 0.29) is 0 Å². The third kappa shape index (κ3) is 2.61. The summed E-state index contributed by atoms with van der Waals surface area (Å²) in [5, 5.41) is 0. The minimum Gasteiger partial charge on any atom is -0.370 e. The zero-order valence-corrected chi connectivity index (χ0v) is 8.79. The Labute approximate surface area is 81.0 Å². The van der Waals surface area contributed by atoms with Gasteiger partial charge in [-0.3, -0.25) is 4.99 Å². The van der Waals surface area contributed by atoms with Gasteiger partial charge in [0.05, 0.1) is 12.6 Å². The fourth-order valence-corrected chi connectivity index (χ4v) is 1.80. The number of guanidine groups is 1. The topological polar surface area (TPSA) is 41.6 Å². The van der Waals surface area contributed by atoms with Gasteiger partial charge < -0.3 is 10.6 Å². The largest absolute Gasteiger partial charge is 0.370 e. The van der Waals surface area contributed by atoms with Crippen molar-refractivity contribution < 1.29 is 0 Å². The molecule has 0 saturated carbocycles. The molecule has 1 rings (SSSR count). The van der Waals surface area contributed by atoms with E-state index < -0.39 is 0 Å². The molecule has 3 nitrogen and oxygen atoms in total. The molecular formula is C10H21N3. The molecule has 1 aliphatic rings. The van der Waals surface area contributed by atoms with E-state index in [1.54, 1.807) is 0 Å². The zero-order chi connectivity index (χ0) is 9.68. The van der Waals surface area contributed by atoms with Crippen molar-refractivity contribution in [2.75, 3.05) is 13.1 Å². The van der Waals surface area contributed by atoms with Crippen LogP contribution in [0.15, 0.2) is 4.99 Å². The molecule has 0 fully saturated rings. The lowest BCUT2D eigenvalue weighted by Gasteiger charge is -2.25. The molecule has 0 saturated heterocycles. The average molecular weight is 183 g/mol. The van der Waals surface area contributed by atoms with Gasteiger partial charge in [-0.15, -0.1) is 0 Å². The van der Waals surface area contributed by atoms with Crippen LogP contribution >= 0.6 is 0 Å². The highest BCUT2D eigenvalue weighted by Crippen LogP contribution is 2.14. The van der Waals surface area contributed by atoms with E-state index in [0.717, 1.165) is 25.5 Å². The number of nitrogens with zero attached hydrogens (tertiary/aromatic N) is 2. The van der Waals surface area contributed by atoms with Gasteiger partial charge in [-0.1, -0.05) is 26.7 Å². The first-order chi connectivity index (χ1) is 6.29. The monoisotopic (exact) mass is 183 g/mol. The Bertz CT molecular complexity index is 177. The van der Waals surface area contributed by atoms with Crippen LogP contribution in [0, 0.1) is 0 Å². The minimum absolute atomic E-state index is 0.583. The third-order valence-corrected chi connectivity index (χ3v) is 2.55. The highest BCUT2D eigenvalue weighted by molar-refractivity contribution is 5.80. The van der Waals surface area contributed by atoms with E-state index in [1.165, 1.54) is 19.3 Å². The lowest BCUT2D eigenvalue weighted by atomic mass is 10.1. The van der Waals surface area contributed by atoms with Gasteiger partial charge in [0.2, 0.25) is 0 Å². The highest BCUT2D eigenvalue weighted by Gasteiger charge is 2.23. The third-order valence-electron chi connectivity index (χ3n) is 2.55. The Hall–Kier alpha value is -0.730. The number of nitrogens with two attached hydrogens (primary N) is 1. The molecule has 1 aliphatic heterocycles. The molecule has 0 bridgehead atoms. The molecule has 0 spiro atoms. The van der Waals surface area contributed by atoms with Gasteiger partial charge in [0.25, 0.3) is 0 Å². The summed E-state index contributed by atoms with van der Waals surface area (Å²) in [7, 11) is 0. The van der Waals surface area contributed by atoms with Gasteiger partial charge in [-0.05, 0) is 12.8 Å². The summed E-state index contributed by atoms with van der Waals surface area (Å²) in [6.45, 7) is 6.38. The van der Waals surface area contributed by atoms with Crippen LogP contribution in [0.2, 0.25) is 0 Å². The van der Waals surface area contributed by atoms with Crippen LogP contribution in [0.4, 0.5) is 0 Å². The van der Waals surface area contributed by atoms with Crippen molar-refractivity contribution in [3.63, 3.8) is 0 Å². The van der Waals surface area contributed by atoms with Gasteiger partial charge in [-0.25, -0.2) is 0 Å². The first-order valence-electron chi connectivity index (χ1n) is 5.36. The summed E-state index contributed by atoms with van der Waals surface area (Å²) in [5.74, 6) is 0.753. The van der Waals surface area contributed by atoms with Crippen LogP contribution in [0.5, 0.6) is 0 Å². The van der Waals surface area contributed by atoms with E-state index in [2.05, 4.69) is 23.7 Å². The molecule has 0 amide bonds. The normalized spacial score (nSPS) is 22.2. The number of hydrogen-bond donors (Lipinski definition) is 1. The van der Waals surface area contributed by atoms with Gasteiger partial charge in [0.15, 0.2) is 5.96 Å². The number of hydrogen-bond acceptors (Lipinski definition) is 3. The maximum Gasteiger partial charge on any atom is 0.191 e. The van der Waals surface area contributed by atoms with Crippen LogP contribution < -0.4 is 5.73 Å². The first-order valence-corrected chi connectivity index (χ1v) is 5.36. The molecule has 0 aromatic rings. The summed E-state index contributed by atoms with van der Waals surface area (Å²) < 4.78 is 0. The summed E-state index contributed by atoms with van der Waals surface area (Å²) in [5.41, 5.74) is 5.80. The van der Waals surface area contributed by atoms with Crippen molar-refractivity contribution in [1.82, 2.24) is 4.90 Å². The predicted molar refractivity (Wildman–Crippen MR) is 56.8 cm³/mol. The lowest BCUT2D eigenvalue weighted by molar-refractivity contribution is 0.318. The Morgan fingerprint density at radius 2 is 2.23 bits per heavy atom. The van der Waals surface area contributed by atoms with Crippen LogP contribution in [0.25, 0.3) is 0 Å². The molecule has 2 N–H and O–H groups in total. The van der Waals surface area contributed by atoms with Crippen LogP contribution in [-0.4, -0.2) is 30.0 Å². The molecule has 0 aliphatic carbocycles. The molecule has 76 valence electrons. The summed E-state index contributed by atoms with van der Waals surface area (Å²) in [6, 6.07) is 0.583. The first kappa shape index (κ1) is 10.4. The second-order valence-electron chi connectivity index (χ2n) is 3.69. The van der Waals surface area contributed by atoms with E-state index in [1.807, 2.05) is 0 Å². The molecular weight excluding hydrogens is 162 g/mol. The van der Waals surface area contributed by atoms with Crippen LogP contribution in [0.3, 0.4) is 0 Å². The SMILES string of the molecule is CCCCC1CN=C(N)N1CCC. The van der Waals surface area contributed by atoms with E-state index >= 15 is 0 Å². The second kappa shape index (κ2) is 5.10. The van der Waals surface area contributed by atoms with Crippen LogP contribution in [0.1, 0.15) is 39.5 Å². The average Bonchev–Trinajstić information content (AvgIpc) is 2.46. The van der Waals surface area contributed by atoms with Crippen molar-refractivity contribution in [2.45, 2.75) is 45.6 Å². The van der Waals surface area contributed by atoms with Crippen molar-refractivity contribution in [3.05, 3.63) is 0 Å². The molecule has 1 atom stereocenters. The standard InChI is InChI=1S/C10H21N3/c1-3-5-6-9-8-12-10(11)13(9)7-4-2/h9H,3-8H2,1-2H3,(H2,11,12). The maximum absolute atomic E-state index is 5.80. The maximum atomic E-state index is 5.80. The molecule has 1 heterocycles. The Morgan fingerprint density at radius 3 is 2.85 bits per heavy atom. The molecule has 0 aromatic heterocycles. The minimum atomic E-state index is 0.583. The van der Waals surface area contributed by atoms with Crippen LogP contribution in [-0.2, 0) is 0 Å². The fourth-order valence-electron chi connectivity index (χ4n) is 1.80. The molecule has 3 heteroatoms. The molecule has 0 aromatic carbocycles. The van der Waals surface area contributed by atoms with Crippen molar-refractivity contribution in [1.29, 1.82) is 0 Å². The summed E-state index contributed by atoms with van der Waals surface area (Å²) in [4.78, 5) is 6.55. The molecule has 13 heavy (non-hydrogen) atoms. The summed E-state index contributed by atoms with van der Waals surface area (Å²) in [6.07, 6.45) is 4.93. The van der Waals surface area contributed by atoms with Gasteiger partial charge in [0.1, 0.15) is 0 Å². The lowest BCUT2D eigenvalue weighted by Crippen LogP contribution is -2.41. The van der Waals surface area contributed by atoms with Gasteiger partial charge in [-0.2, -0.15) is 0 Å². The van der Waals surface area contributed by atoms with Crippen molar-refractivity contribution in [2.24, 2.45) is 10.7 Å². The van der Waals surface area contributed by atoms with E-state index in [4.69, 9.17) is 5.73 Å². The second-order valence-corrected chi connectivity index (χ2v) is 3.69. The number of aliphatic imine (C=N–C) groups is 1. The Kier molecular flexibility index (Phi) is 4.06. The van der Waals surface area contributed by atoms with Gasteiger partial charge in [0, 0.05) is 6.54 Å². The number of unbranched alkanes of at least 4 members (excludes halogenated alkanes) is 1. The fraction of sp³-hybridized carbons (Fsp3) is 0.900.